The Morgan fingerprint density at radius 2 is 2.07 bits per heavy atom. The van der Waals surface area contributed by atoms with Crippen molar-refractivity contribution in [3.63, 3.8) is 0 Å². The molecule has 1 aliphatic heterocycles. The van der Waals surface area contributed by atoms with Gasteiger partial charge in [-0.15, -0.1) is 0 Å². The zero-order valence-corrected chi connectivity index (χ0v) is 15.7. The second-order valence-corrected chi connectivity index (χ2v) is 7.43. The van der Waals surface area contributed by atoms with Gasteiger partial charge in [0.2, 0.25) is 0 Å². The fourth-order valence-corrected chi connectivity index (χ4v) is 3.31. The molecule has 1 saturated heterocycles. The first-order chi connectivity index (χ1) is 12.9. The minimum Gasteiger partial charge on any atom is -0.389 e. The molecule has 7 nitrogen and oxygen atoms in total. The number of carbonyl (C=O) groups is 2. The highest BCUT2D eigenvalue weighted by atomic mass is 16.3. The van der Waals surface area contributed by atoms with Gasteiger partial charge >= 0.3 is 0 Å². The molecule has 0 spiro atoms. The predicted molar refractivity (Wildman–Crippen MR) is 101 cm³/mol. The Hall–Kier alpha value is -2.67. The van der Waals surface area contributed by atoms with Crippen LogP contribution in [0.25, 0.3) is 0 Å². The van der Waals surface area contributed by atoms with Crippen LogP contribution in [0.2, 0.25) is 0 Å². The molecule has 1 aliphatic rings. The van der Waals surface area contributed by atoms with Crippen LogP contribution in [0, 0.1) is 5.92 Å². The lowest BCUT2D eigenvalue weighted by Crippen LogP contribution is -2.55. The zero-order valence-electron chi connectivity index (χ0n) is 15.7. The van der Waals surface area contributed by atoms with Crippen LogP contribution >= 0.6 is 0 Å². The molecule has 3 N–H and O–H groups in total. The fraction of sp³-hybridized carbons (Fsp3) is 0.450. The number of rotatable bonds is 5. The molecule has 3 rings (SSSR count). The first-order valence-electron chi connectivity index (χ1n) is 9.31. The topological polar surface area (TPSA) is 98.3 Å². The van der Waals surface area contributed by atoms with Crippen molar-refractivity contribution in [2.75, 3.05) is 13.1 Å². The number of benzene rings is 1. The van der Waals surface area contributed by atoms with Crippen LogP contribution in [-0.2, 0) is 6.42 Å². The number of amides is 2. The summed E-state index contributed by atoms with van der Waals surface area (Å²) in [6.45, 7) is 4.87. The van der Waals surface area contributed by atoms with Crippen molar-refractivity contribution in [3.05, 3.63) is 53.3 Å². The molecule has 0 unspecified atom stereocenters. The maximum Gasteiger partial charge on any atom is 0.272 e. The molecule has 144 valence electrons. The predicted octanol–water partition coefficient (Wildman–Crippen LogP) is 1.61. The van der Waals surface area contributed by atoms with Crippen LogP contribution in [-0.4, -0.2) is 57.3 Å². The lowest BCUT2D eigenvalue weighted by molar-refractivity contribution is 0.0314. The smallest absolute Gasteiger partial charge is 0.272 e. The Morgan fingerprint density at radius 1 is 1.33 bits per heavy atom. The number of likely N-dealkylation sites (tertiary alicyclic amines) is 1. The van der Waals surface area contributed by atoms with Gasteiger partial charge in [-0.25, -0.2) is 0 Å². The number of nitrogens with zero attached hydrogens (tertiary/aromatic N) is 2. The second kappa shape index (κ2) is 8.35. The van der Waals surface area contributed by atoms with Crippen molar-refractivity contribution >= 4 is 11.8 Å². The van der Waals surface area contributed by atoms with Gasteiger partial charge in [0, 0.05) is 24.3 Å². The summed E-state index contributed by atoms with van der Waals surface area (Å²) >= 11 is 0. The number of nitrogens with one attached hydrogen (secondary N) is 2. The highest BCUT2D eigenvalue weighted by Crippen LogP contribution is 2.15. The summed E-state index contributed by atoms with van der Waals surface area (Å²) < 4.78 is 0. The van der Waals surface area contributed by atoms with Gasteiger partial charge in [0.05, 0.1) is 12.1 Å². The van der Waals surface area contributed by atoms with E-state index in [9.17, 15) is 14.7 Å². The molecule has 7 heteroatoms. The van der Waals surface area contributed by atoms with E-state index < -0.39 is 12.1 Å². The van der Waals surface area contributed by atoms with Gasteiger partial charge < -0.3 is 15.3 Å². The van der Waals surface area contributed by atoms with E-state index in [1.165, 1.54) is 0 Å². The van der Waals surface area contributed by atoms with Gasteiger partial charge in [0.25, 0.3) is 11.8 Å². The number of piperidine rings is 1. The number of aliphatic hydroxyl groups excluding tert-OH is 1. The van der Waals surface area contributed by atoms with Crippen molar-refractivity contribution in [1.29, 1.82) is 0 Å². The highest BCUT2D eigenvalue weighted by molar-refractivity contribution is 5.94. The maximum absolute atomic E-state index is 12.5. The summed E-state index contributed by atoms with van der Waals surface area (Å²) in [5, 5.41) is 20.2. The van der Waals surface area contributed by atoms with Crippen LogP contribution < -0.4 is 5.32 Å². The summed E-state index contributed by atoms with van der Waals surface area (Å²) in [6.07, 6.45) is 0.502. The molecule has 0 saturated carbocycles. The lowest BCUT2D eigenvalue weighted by Gasteiger charge is -2.36. The van der Waals surface area contributed by atoms with E-state index in [0.29, 0.717) is 30.1 Å². The zero-order chi connectivity index (χ0) is 19.4. The number of hydrogen-bond donors (Lipinski definition) is 3. The quantitative estimate of drug-likeness (QED) is 0.745. The Balaban J connectivity index is 1.56. The van der Waals surface area contributed by atoms with Gasteiger partial charge in [-0.1, -0.05) is 32.0 Å². The molecule has 2 heterocycles. The van der Waals surface area contributed by atoms with Gasteiger partial charge in [-0.3, -0.25) is 14.7 Å². The minimum atomic E-state index is -0.815. The molecule has 0 radical (unpaired) electrons. The third-order valence-corrected chi connectivity index (χ3v) is 4.70. The highest BCUT2D eigenvalue weighted by Gasteiger charge is 2.32. The number of hydrogen-bond acceptors (Lipinski definition) is 4. The van der Waals surface area contributed by atoms with Crippen molar-refractivity contribution in [2.45, 2.75) is 38.8 Å². The number of aliphatic hydroxyl groups is 1. The SMILES string of the molecule is CC(C)Cc1cc(C(=O)N[C@@H]2CCN(C(=O)c3ccccc3)C[C@H]2O)n[nH]1. The molecular weight excluding hydrogens is 344 g/mol. The Labute approximate surface area is 158 Å². The largest absolute Gasteiger partial charge is 0.389 e. The van der Waals surface area contributed by atoms with Crippen LogP contribution in [0.15, 0.2) is 36.4 Å². The van der Waals surface area contributed by atoms with Gasteiger partial charge in [0.15, 0.2) is 0 Å². The van der Waals surface area contributed by atoms with E-state index in [1.54, 1.807) is 23.1 Å². The van der Waals surface area contributed by atoms with Crippen molar-refractivity contribution in [2.24, 2.45) is 5.92 Å². The molecule has 0 bridgehead atoms. The lowest BCUT2D eigenvalue weighted by atomic mass is 10.0. The summed E-state index contributed by atoms with van der Waals surface area (Å²) in [5.41, 5.74) is 1.83. The fourth-order valence-electron chi connectivity index (χ4n) is 3.31. The van der Waals surface area contributed by atoms with E-state index in [0.717, 1.165) is 12.1 Å². The summed E-state index contributed by atoms with van der Waals surface area (Å²) in [4.78, 5) is 26.5. The summed E-state index contributed by atoms with van der Waals surface area (Å²) in [6, 6.07) is 10.3. The van der Waals surface area contributed by atoms with Crippen molar-refractivity contribution in [3.8, 4) is 0 Å². The number of aromatic nitrogens is 2. The normalized spacial score (nSPS) is 19.9. The third-order valence-electron chi connectivity index (χ3n) is 4.70. The van der Waals surface area contributed by atoms with Crippen LogP contribution in [0.3, 0.4) is 0 Å². The summed E-state index contributed by atoms with van der Waals surface area (Å²) in [7, 11) is 0. The van der Waals surface area contributed by atoms with E-state index in [1.807, 2.05) is 18.2 Å². The molecular formula is C20H26N4O3. The number of aromatic amines is 1. The molecule has 2 atom stereocenters. The minimum absolute atomic E-state index is 0.106. The number of β-amino-alcohol motifs (C(OH)–C–C–N with tert-alkyl or cyclic N) is 1. The molecule has 2 aromatic rings. The third kappa shape index (κ3) is 4.74. The van der Waals surface area contributed by atoms with Gasteiger partial charge in [-0.05, 0) is 37.0 Å². The van der Waals surface area contributed by atoms with E-state index >= 15 is 0 Å². The summed E-state index contributed by atoms with van der Waals surface area (Å²) in [5.74, 6) is 0.0489. The van der Waals surface area contributed by atoms with E-state index in [4.69, 9.17) is 0 Å². The Kier molecular flexibility index (Phi) is 5.91. The first kappa shape index (κ1) is 19.1. The number of H-pyrrole nitrogens is 1. The molecule has 2 amide bonds. The van der Waals surface area contributed by atoms with Crippen LogP contribution in [0.4, 0.5) is 0 Å². The molecule has 1 fully saturated rings. The average molecular weight is 370 g/mol. The average Bonchev–Trinajstić information content (AvgIpc) is 3.11. The van der Waals surface area contributed by atoms with Crippen molar-refractivity contribution < 1.29 is 14.7 Å². The van der Waals surface area contributed by atoms with Crippen molar-refractivity contribution in [1.82, 2.24) is 20.4 Å². The molecule has 27 heavy (non-hydrogen) atoms. The molecule has 0 aliphatic carbocycles. The second-order valence-electron chi connectivity index (χ2n) is 7.43. The van der Waals surface area contributed by atoms with Gasteiger partial charge in [-0.2, -0.15) is 5.10 Å². The standard InChI is InChI=1S/C20H26N4O3/c1-13(2)10-15-11-17(23-22-15)19(26)21-16-8-9-24(12-18(16)25)20(27)14-6-4-3-5-7-14/h3-7,11,13,16,18,25H,8-10,12H2,1-2H3,(H,21,26)(H,22,23)/t16-,18-/m1/s1. The van der Waals surface area contributed by atoms with E-state index in [-0.39, 0.29) is 18.4 Å². The Bertz CT molecular complexity index is 788. The Morgan fingerprint density at radius 3 is 2.74 bits per heavy atom. The maximum atomic E-state index is 12.5. The van der Waals surface area contributed by atoms with Gasteiger partial charge in [0.1, 0.15) is 5.69 Å². The monoisotopic (exact) mass is 370 g/mol. The number of carbonyl (C=O) groups excluding carboxylic acids is 2. The molecule has 1 aromatic heterocycles. The first-order valence-corrected chi connectivity index (χ1v) is 9.31. The van der Waals surface area contributed by atoms with Crippen LogP contribution in [0.5, 0.6) is 0 Å². The molecule has 1 aromatic carbocycles. The van der Waals surface area contributed by atoms with E-state index in [2.05, 4.69) is 29.4 Å². The van der Waals surface area contributed by atoms with Crippen LogP contribution in [0.1, 0.15) is 46.8 Å².